The van der Waals surface area contributed by atoms with Gasteiger partial charge in [0.2, 0.25) is 5.91 Å². The van der Waals surface area contributed by atoms with Crippen molar-refractivity contribution in [3.05, 3.63) is 35.9 Å². The molecule has 1 aromatic rings. The highest BCUT2D eigenvalue weighted by atomic mass is 16.2. The Bertz CT molecular complexity index is 590. The molecule has 3 amide bonds. The fraction of sp³-hybridized carbons (Fsp3) is 0.579. The molecule has 2 saturated heterocycles. The Kier molecular flexibility index (Phi) is 5.07. The number of hydrogen-bond donors (Lipinski definition) is 1. The molecule has 1 spiro atoms. The number of nitrogens with zero attached hydrogens (tertiary/aromatic N) is 2. The summed E-state index contributed by atoms with van der Waals surface area (Å²) in [6, 6.07) is 9.97. The van der Waals surface area contributed by atoms with Crippen LogP contribution in [0.4, 0.5) is 4.79 Å². The molecule has 2 heterocycles. The fourth-order valence-corrected chi connectivity index (χ4v) is 4.17. The predicted octanol–water partition coefficient (Wildman–Crippen LogP) is 2.76. The van der Waals surface area contributed by atoms with Crippen LogP contribution in [0, 0.1) is 0 Å². The first-order valence-corrected chi connectivity index (χ1v) is 9.02. The number of carbonyl (C=O) groups is 2. The minimum atomic E-state index is -0.0136. The first-order chi connectivity index (χ1) is 11.6. The zero-order valence-electron chi connectivity index (χ0n) is 14.5. The van der Waals surface area contributed by atoms with Gasteiger partial charge in [-0.25, -0.2) is 4.79 Å². The lowest BCUT2D eigenvalue weighted by Crippen LogP contribution is -2.47. The van der Waals surface area contributed by atoms with E-state index in [1.807, 2.05) is 35.2 Å². The average Bonchev–Trinajstić information content (AvgIpc) is 2.78. The first-order valence-electron chi connectivity index (χ1n) is 9.02. The van der Waals surface area contributed by atoms with Gasteiger partial charge in [-0.15, -0.1) is 0 Å². The van der Waals surface area contributed by atoms with Crippen molar-refractivity contribution in [2.24, 2.45) is 0 Å². The summed E-state index contributed by atoms with van der Waals surface area (Å²) in [7, 11) is 0. The van der Waals surface area contributed by atoms with Crippen molar-refractivity contribution in [1.82, 2.24) is 15.1 Å². The topological polar surface area (TPSA) is 52.7 Å². The molecule has 2 aliphatic heterocycles. The van der Waals surface area contributed by atoms with E-state index >= 15 is 0 Å². The van der Waals surface area contributed by atoms with Crippen molar-refractivity contribution in [1.29, 1.82) is 0 Å². The highest BCUT2D eigenvalue weighted by molar-refractivity contribution is 5.80. The number of amides is 3. The summed E-state index contributed by atoms with van der Waals surface area (Å²) in [4.78, 5) is 28.5. The highest BCUT2D eigenvalue weighted by Gasteiger charge is 2.45. The van der Waals surface area contributed by atoms with Crippen LogP contribution >= 0.6 is 0 Å². The molecule has 1 N–H and O–H groups in total. The van der Waals surface area contributed by atoms with Crippen LogP contribution in [0.25, 0.3) is 0 Å². The molecular formula is C19H27N3O2. The van der Waals surface area contributed by atoms with Crippen LogP contribution < -0.4 is 5.32 Å². The maximum Gasteiger partial charge on any atom is 0.317 e. The van der Waals surface area contributed by atoms with Gasteiger partial charge in [-0.1, -0.05) is 30.3 Å². The summed E-state index contributed by atoms with van der Waals surface area (Å²) in [6.45, 7) is 4.89. The minimum absolute atomic E-state index is 0.00303. The molecule has 0 radical (unpaired) electrons. The Labute approximate surface area is 144 Å². The Balaban J connectivity index is 1.57. The van der Waals surface area contributed by atoms with Gasteiger partial charge in [0, 0.05) is 38.1 Å². The molecule has 130 valence electrons. The number of carbonyl (C=O) groups excluding carboxylic acids is 2. The van der Waals surface area contributed by atoms with Gasteiger partial charge in [0.15, 0.2) is 0 Å². The standard InChI is InChI=1S/C19H27N3O2/c1-2-22-17(23)9-11-19(22)10-6-13-21(14-12-19)18(24)20-15-16-7-4-3-5-8-16/h3-5,7-8H,2,6,9-15H2,1H3,(H,20,24)/t19-/m0/s1. The Morgan fingerprint density at radius 3 is 2.71 bits per heavy atom. The summed E-state index contributed by atoms with van der Waals surface area (Å²) in [5.74, 6) is 0.277. The van der Waals surface area contributed by atoms with Gasteiger partial charge in [0.25, 0.3) is 0 Å². The molecule has 2 aliphatic rings. The van der Waals surface area contributed by atoms with Crippen LogP contribution in [-0.2, 0) is 11.3 Å². The van der Waals surface area contributed by atoms with E-state index in [9.17, 15) is 9.59 Å². The average molecular weight is 329 g/mol. The van der Waals surface area contributed by atoms with E-state index in [-0.39, 0.29) is 17.5 Å². The van der Waals surface area contributed by atoms with Gasteiger partial charge in [-0.2, -0.15) is 0 Å². The minimum Gasteiger partial charge on any atom is -0.337 e. The van der Waals surface area contributed by atoms with Crippen LogP contribution in [0.1, 0.15) is 44.6 Å². The third-order valence-electron chi connectivity index (χ3n) is 5.49. The molecule has 3 rings (SSSR count). The van der Waals surface area contributed by atoms with Crippen molar-refractivity contribution >= 4 is 11.9 Å². The molecule has 2 fully saturated rings. The van der Waals surface area contributed by atoms with Crippen molar-refractivity contribution in [2.75, 3.05) is 19.6 Å². The largest absolute Gasteiger partial charge is 0.337 e. The summed E-state index contributed by atoms with van der Waals surface area (Å²) in [5, 5.41) is 3.02. The highest BCUT2D eigenvalue weighted by Crippen LogP contribution is 2.38. The number of hydrogen-bond acceptors (Lipinski definition) is 2. The van der Waals surface area contributed by atoms with Crippen molar-refractivity contribution in [3.63, 3.8) is 0 Å². The Morgan fingerprint density at radius 2 is 1.96 bits per heavy atom. The maximum atomic E-state index is 12.5. The summed E-state index contributed by atoms with van der Waals surface area (Å²) in [6.07, 6.45) is 4.47. The third-order valence-corrected chi connectivity index (χ3v) is 5.49. The summed E-state index contributed by atoms with van der Waals surface area (Å²) < 4.78 is 0. The smallest absolute Gasteiger partial charge is 0.317 e. The fourth-order valence-electron chi connectivity index (χ4n) is 4.17. The van der Waals surface area contributed by atoms with E-state index in [0.29, 0.717) is 13.0 Å². The quantitative estimate of drug-likeness (QED) is 0.927. The van der Waals surface area contributed by atoms with E-state index in [4.69, 9.17) is 0 Å². The van der Waals surface area contributed by atoms with Crippen molar-refractivity contribution in [2.45, 2.75) is 51.1 Å². The molecule has 0 aliphatic carbocycles. The van der Waals surface area contributed by atoms with E-state index in [0.717, 1.165) is 50.9 Å². The monoisotopic (exact) mass is 329 g/mol. The van der Waals surface area contributed by atoms with Gasteiger partial charge in [-0.05, 0) is 38.2 Å². The lowest BCUT2D eigenvalue weighted by atomic mass is 9.88. The number of rotatable bonds is 3. The molecule has 5 heteroatoms. The normalized spacial score (nSPS) is 24.3. The van der Waals surface area contributed by atoms with E-state index in [1.54, 1.807) is 0 Å². The third kappa shape index (κ3) is 3.40. The molecule has 1 atom stereocenters. The predicted molar refractivity (Wildman–Crippen MR) is 93.5 cm³/mol. The lowest BCUT2D eigenvalue weighted by molar-refractivity contribution is -0.131. The number of benzene rings is 1. The Hall–Kier alpha value is -2.04. The summed E-state index contributed by atoms with van der Waals surface area (Å²) in [5.41, 5.74) is 1.09. The number of urea groups is 1. The Morgan fingerprint density at radius 1 is 1.17 bits per heavy atom. The molecule has 24 heavy (non-hydrogen) atoms. The van der Waals surface area contributed by atoms with E-state index in [2.05, 4.69) is 17.1 Å². The van der Waals surface area contributed by atoms with Gasteiger partial charge in [-0.3, -0.25) is 4.79 Å². The number of likely N-dealkylation sites (tertiary alicyclic amines) is 2. The maximum absolute atomic E-state index is 12.5. The van der Waals surface area contributed by atoms with Crippen LogP contribution in [0.3, 0.4) is 0 Å². The first kappa shape index (κ1) is 16.8. The molecular weight excluding hydrogens is 302 g/mol. The van der Waals surface area contributed by atoms with Crippen LogP contribution in [0.5, 0.6) is 0 Å². The van der Waals surface area contributed by atoms with Crippen LogP contribution in [0.15, 0.2) is 30.3 Å². The van der Waals surface area contributed by atoms with Gasteiger partial charge >= 0.3 is 6.03 Å². The molecule has 1 aromatic carbocycles. The van der Waals surface area contributed by atoms with Crippen molar-refractivity contribution < 1.29 is 9.59 Å². The van der Waals surface area contributed by atoms with Crippen LogP contribution in [-0.4, -0.2) is 46.9 Å². The second kappa shape index (κ2) is 7.24. The molecule has 0 unspecified atom stereocenters. The SMILES string of the molecule is CCN1C(=O)CC[C@]12CCCN(C(=O)NCc1ccccc1)CC2. The second-order valence-electron chi connectivity index (χ2n) is 6.85. The molecule has 0 aromatic heterocycles. The van der Waals surface area contributed by atoms with Crippen molar-refractivity contribution in [3.8, 4) is 0 Å². The molecule has 0 saturated carbocycles. The van der Waals surface area contributed by atoms with Gasteiger partial charge in [0.05, 0.1) is 0 Å². The zero-order valence-corrected chi connectivity index (χ0v) is 14.5. The number of nitrogens with one attached hydrogen (secondary N) is 1. The van der Waals surface area contributed by atoms with E-state index in [1.165, 1.54) is 0 Å². The molecule has 5 nitrogen and oxygen atoms in total. The summed E-state index contributed by atoms with van der Waals surface area (Å²) >= 11 is 0. The molecule has 0 bridgehead atoms. The van der Waals surface area contributed by atoms with Gasteiger partial charge < -0.3 is 15.1 Å². The lowest BCUT2D eigenvalue weighted by Gasteiger charge is -2.37. The van der Waals surface area contributed by atoms with Gasteiger partial charge in [0.1, 0.15) is 0 Å². The zero-order chi connectivity index (χ0) is 17.0. The second-order valence-corrected chi connectivity index (χ2v) is 6.85. The van der Waals surface area contributed by atoms with Crippen LogP contribution in [0.2, 0.25) is 0 Å². The van der Waals surface area contributed by atoms with E-state index < -0.39 is 0 Å².